The second-order valence-electron chi connectivity index (χ2n) is 17.0. The summed E-state index contributed by atoms with van der Waals surface area (Å²) in [6, 6.07) is 5.09. The van der Waals surface area contributed by atoms with Gasteiger partial charge in [0.15, 0.2) is 11.5 Å². The molecule has 0 heterocycles. The van der Waals surface area contributed by atoms with Gasteiger partial charge in [-0.1, -0.05) is 52.3 Å². The first kappa shape index (κ1) is 31.7. The number of allylic oxidation sites excluding steroid dienone is 2. The van der Waals surface area contributed by atoms with Gasteiger partial charge in [-0.25, -0.2) is 4.79 Å². The van der Waals surface area contributed by atoms with Crippen molar-refractivity contribution in [3.63, 3.8) is 0 Å². The fourth-order valence-corrected chi connectivity index (χ4v) is 12.5. The van der Waals surface area contributed by atoms with Crippen LogP contribution in [-0.2, 0) is 9.53 Å². The lowest BCUT2D eigenvalue weighted by molar-refractivity contribution is -0.179. The van der Waals surface area contributed by atoms with E-state index in [-0.39, 0.29) is 23.2 Å². The number of methoxy groups -OCH3 is 1. The number of benzene rings is 1. The highest BCUT2D eigenvalue weighted by Crippen LogP contribution is 2.89. The minimum atomic E-state index is -0.276. The molecule has 242 valence electrons. The van der Waals surface area contributed by atoms with Crippen LogP contribution in [0.5, 0.6) is 11.5 Å². The zero-order valence-corrected chi connectivity index (χ0v) is 28.8. The smallest absolute Gasteiger partial charge is 0.331 e. The van der Waals surface area contributed by atoms with Crippen molar-refractivity contribution in [1.29, 1.82) is 0 Å². The Balaban J connectivity index is 1.15. The maximum atomic E-state index is 13.1. The third-order valence-electron chi connectivity index (χ3n) is 14.8. The summed E-state index contributed by atoms with van der Waals surface area (Å²) in [5, 5.41) is 9.88. The van der Waals surface area contributed by atoms with Gasteiger partial charge in [0, 0.05) is 11.5 Å². The number of ether oxygens (including phenoxy) is 2. The molecule has 44 heavy (non-hydrogen) atoms. The third kappa shape index (κ3) is 4.62. The number of fused-ring (bicyclic) bond motifs is 2. The van der Waals surface area contributed by atoms with E-state index in [0.717, 1.165) is 29.7 Å². The van der Waals surface area contributed by atoms with Crippen LogP contribution in [0.25, 0.3) is 6.08 Å². The number of hydrogen-bond acceptors (Lipinski definition) is 4. The standard InChI is InChI=1S/C40H58O4/c1-26(2)10-9-11-27(3)29-18-20-38(7)33-16-15-32-36(4,5)34(19-21-39(32)25-40(33,39)23-22-37(29,38)6)44-35(42)17-13-28-12-14-30(41)31(24-28)43-8/h10,12-14,17,24,27,29,32-34,41H,9,11,15-16,18-23,25H2,1-8H3/t27-,29+,32+,33+,34+,37-,38-,39-,40+/m1/s1. The summed E-state index contributed by atoms with van der Waals surface area (Å²) >= 11 is 0. The molecule has 0 radical (unpaired) electrons. The molecule has 9 atom stereocenters. The summed E-state index contributed by atoms with van der Waals surface area (Å²) in [7, 11) is 1.53. The van der Waals surface area contributed by atoms with E-state index in [1.165, 1.54) is 83.0 Å². The number of aromatic hydroxyl groups is 1. The van der Waals surface area contributed by atoms with Gasteiger partial charge in [0.25, 0.3) is 0 Å². The second kappa shape index (κ2) is 10.9. The number of carbonyl (C=O) groups is 1. The molecule has 5 aliphatic carbocycles. The largest absolute Gasteiger partial charge is 0.504 e. The summed E-state index contributed by atoms with van der Waals surface area (Å²) in [5.74, 6) is 3.33. The van der Waals surface area contributed by atoms with Crippen LogP contribution in [0.3, 0.4) is 0 Å². The van der Waals surface area contributed by atoms with E-state index in [1.807, 2.05) is 0 Å². The number of esters is 1. The third-order valence-corrected chi connectivity index (χ3v) is 14.8. The van der Waals surface area contributed by atoms with E-state index in [0.29, 0.717) is 33.3 Å². The second-order valence-corrected chi connectivity index (χ2v) is 17.0. The lowest BCUT2D eigenvalue weighted by Crippen LogP contribution is -2.58. The number of phenols is 1. The highest BCUT2D eigenvalue weighted by Gasteiger charge is 2.82. The first-order valence-electron chi connectivity index (χ1n) is 17.6. The van der Waals surface area contributed by atoms with Crippen molar-refractivity contribution < 1.29 is 19.4 Å². The predicted octanol–water partition coefficient (Wildman–Crippen LogP) is 10.1. The molecular formula is C40H58O4. The van der Waals surface area contributed by atoms with Crippen molar-refractivity contribution in [2.45, 2.75) is 125 Å². The number of hydrogen-bond donors (Lipinski definition) is 1. The molecule has 0 unspecified atom stereocenters. The van der Waals surface area contributed by atoms with Crippen LogP contribution >= 0.6 is 0 Å². The molecule has 0 amide bonds. The molecule has 0 saturated heterocycles. The Labute approximate surface area is 267 Å². The number of rotatable bonds is 8. The van der Waals surface area contributed by atoms with Crippen molar-refractivity contribution in [2.75, 3.05) is 7.11 Å². The average Bonchev–Trinajstić information content (AvgIpc) is 3.55. The van der Waals surface area contributed by atoms with Gasteiger partial charge in [-0.2, -0.15) is 0 Å². The monoisotopic (exact) mass is 602 g/mol. The molecule has 2 spiro atoms. The zero-order valence-electron chi connectivity index (χ0n) is 28.8. The summed E-state index contributed by atoms with van der Waals surface area (Å²) in [5.41, 5.74) is 4.08. The van der Waals surface area contributed by atoms with E-state index in [1.54, 1.807) is 24.3 Å². The molecule has 5 aliphatic rings. The lowest BCUT2D eigenvalue weighted by Gasteiger charge is -2.63. The topological polar surface area (TPSA) is 55.8 Å². The molecule has 4 heteroatoms. The van der Waals surface area contributed by atoms with Gasteiger partial charge < -0.3 is 14.6 Å². The Bertz CT molecular complexity index is 1340. The van der Waals surface area contributed by atoms with Crippen molar-refractivity contribution in [3.05, 3.63) is 41.5 Å². The van der Waals surface area contributed by atoms with Gasteiger partial charge in [-0.15, -0.1) is 0 Å². The maximum absolute atomic E-state index is 13.1. The van der Waals surface area contributed by atoms with Gasteiger partial charge in [-0.3, -0.25) is 0 Å². The summed E-state index contributed by atoms with van der Waals surface area (Å²) in [6.45, 7) is 17.2. The summed E-state index contributed by atoms with van der Waals surface area (Å²) in [6.07, 6.45) is 20.1. The molecular weight excluding hydrogens is 544 g/mol. The van der Waals surface area contributed by atoms with Crippen LogP contribution < -0.4 is 4.74 Å². The quantitative estimate of drug-likeness (QED) is 0.183. The van der Waals surface area contributed by atoms with E-state index in [4.69, 9.17) is 9.47 Å². The maximum Gasteiger partial charge on any atom is 0.331 e. The van der Waals surface area contributed by atoms with Crippen molar-refractivity contribution in [1.82, 2.24) is 0 Å². The van der Waals surface area contributed by atoms with Gasteiger partial charge in [0.2, 0.25) is 0 Å². The highest BCUT2D eigenvalue weighted by atomic mass is 16.5. The minimum absolute atomic E-state index is 0.0305. The number of phenolic OH excluding ortho intramolecular Hbond substituents is 1. The van der Waals surface area contributed by atoms with Crippen LogP contribution in [-0.4, -0.2) is 24.3 Å². The molecule has 6 rings (SSSR count). The van der Waals surface area contributed by atoms with Gasteiger partial charge in [0.1, 0.15) is 6.10 Å². The van der Waals surface area contributed by atoms with Gasteiger partial charge in [0.05, 0.1) is 7.11 Å². The summed E-state index contributed by atoms with van der Waals surface area (Å²) in [4.78, 5) is 13.1. The van der Waals surface area contributed by atoms with Crippen molar-refractivity contribution >= 4 is 12.0 Å². The Morgan fingerprint density at radius 2 is 1.70 bits per heavy atom. The Morgan fingerprint density at radius 3 is 2.43 bits per heavy atom. The molecule has 5 fully saturated rings. The average molecular weight is 603 g/mol. The Hall–Kier alpha value is -2.23. The predicted molar refractivity (Wildman–Crippen MR) is 178 cm³/mol. The molecule has 4 nitrogen and oxygen atoms in total. The first-order chi connectivity index (χ1) is 20.7. The fourth-order valence-electron chi connectivity index (χ4n) is 12.5. The minimum Gasteiger partial charge on any atom is -0.504 e. The molecule has 0 aliphatic heterocycles. The Morgan fingerprint density at radius 1 is 0.977 bits per heavy atom. The normalized spacial score (nSPS) is 40.6. The lowest BCUT2D eigenvalue weighted by atomic mass is 9.41. The molecule has 1 N–H and O–H groups in total. The zero-order chi connectivity index (χ0) is 31.7. The molecule has 1 aromatic rings. The van der Waals surface area contributed by atoms with E-state index >= 15 is 0 Å². The van der Waals surface area contributed by atoms with E-state index < -0.39 is 0 Å². The first-order valence-corrected chi connectivity index (χ1v) is 17.6. The van der Waals surface area contributed by atoms with Gasteiger partial charge >= 0.3 is 5.97 Å². The van der Waals surface area contributed by atoms with Crippen LogP contribution in [0.15, 0.2) is 35.9 Å². The molecule has 1 aromatic carbocycles. The fraction of sp³-hybridized carbons (Fsp3) is 0.725. The van der Waals surface area contributed by atoms with Crippen LogP contribution in [0, 0.1) is 50.7 Å². The number of carbonyl (C=O) groups excluding carboxylic acids is 1. The SMILES string of the molecule is COc1cc(C=CC(=O)O[C@H]2CC[C@]34C[C@]35CC[C@]3(C)[C@H]([C@H](C)CCC=C(C)C)CC[C@]3(C)[C@@H]5CC[C@H]4C2(C)C)ccc1O. The van der Waals surface area contributed by atoms with Crippen LogP contribution in [0.1, 0.15) is 125 Å². The molecule has 0 bridgehead atoms. The highest BCUT2D eigenvalue weighted by molar-refractivity contribution is 5.87. The molecule has 5 saturated carbocycles. The van der Waals surface area contributed by atoms with Gasteiger partial charge in [-0.05, 0) is 154 Å². The summed E-state index contributed by atoms with van der Waals surface area (Å²) < 4.78 is 11.4. The molecule has 0 aromatic heterocycles. The van der Waals surface area contributed by atoms with Crippen LogP contribution in [0.2, 0.25) is 0 Å². The van der Waals surface area contributed by atoms with Crippen molar-refractivity contribution in [2.24, 2.45) is 50.7 Å². The van der Waals surface area contributed by atoms with Crippen molar-refractivity contribution in [3.8, 4) is 11.5 Å². The van der Waals surface area contributed by atoms with E-state index in [2.05, 4.69) is 54.5 Å². The van der Waals surface area contributed by atoms with Crippen LogP contribution in [0.4, 0.5) is 0 Å². The Kier molecular flexibility index (Phi) is 7.89. The van der Waals surface area contributed by atoms with E-state index in [9.17, 15) is 9.90 Å².